The molecule has 1 aromatic rings. The number of carboxylic acid groups (broad SMARTS) is 1. The van der Waals surface area contributed by atoms with Crippen LogP contribution in [-0.4, -0.2) is 31.2 Å². The number of halogens is 1. The standard InChI is InChI=1S/C16H18ClNO5/c1-22-13-8-12(14(23-2)7-11(13)17)18-15(19)9-5-3-4-6-10(9)16(20)21/h3-4,7-10H,5-6H2,1-2H3,(H,18,19)(H,20,21)/t9-,10-/m1/s1. The maximum atomic E-state index is 12.5. The van der Waals surface area contributed by atoms with Gasteiger partial charge in [-0.25, -0.2) is 0 Å². The number of nitrogens with one attached hydrogen (secondary N) is 1. The monoisotopic (exact) mass is 339 g/mol. The summed E-state index contributed by atoms with van der Waals surface area (Å²) in [6.07, 6.45) is 4.34. The van der Waals surface area contributed by atoms with Gasteiger partial charge in [-0.15, -0.1) is 0 Å². The van der Waals surface area contributed by atoms with Gasteiger partial charge in [0.15, 0.2) is 0 Å². The Morgan fingerprint density at radius 2 is 1.74 bits per heavy atom. The Balaban J connectivity index is 2.25. The lowest BCUT2D eigenvalue weighted by Gasteiger charge is -2.24. The Bertz CT molecular complexity index is 644. The van der Waals surface area contributed by atoms with Crippen LogP contribution in [0.5, 0.6) is 11.5 Å². The van der Waals surface area contributed by atoms with Crippen molar-refractivity contribution >= 4 is 29.2 Å². The van der Waals surface area contributed by atoms with Crippen LogP contribution in [-0.2, 0) is 9.59 Å². The minimum absolute atomic E-state index is 0.342. The lowest BCUT2D eigenvalue weighted by molar-refractivity contribution is -0.146. The molecule has 0 heterocycles. The van der Waals surface area contributed by atoms with E-state index in [0.717, 1.165) is 0 Å². The molecule has 1 aliphatic rings. The predicted octanol–water partition coefficient (Wildman–Crippen LogP) is 2.96. The minimum atomic E-state index is -0.977. The molecule has 0 fully saturated rings. The van der Waals surface area contributed by atoms with Crippen LogP contribution >= 0.6 is 11.6 Å². The molecule has 0 unspecified atom stereocenters. The lowest BCUT2D eigenvalue weighted by Crippen LogP contribution is -2.34. The highest BCUT2D eigenvalue weighted by Gasteiger charge is 2.34. The second-order valence-electron chi connectivity index (χ2n) is 5.17. The summed E-state index contributed by atoms with van der Waals surface area (Å²) in [7, 11) is 2.92. The number of benzene rings is 1. The third-order valence-electron chi connectivity index (χ3n) is 3.82. The number of carbonyl (C=O) groups excluding carboxylic acids is 1. The van der Waals surface area contributed by atoms with E-state index in [-0.39, 0.29) is 5.91 Å². The van der Waals surface area contributed by atoms with Gasteiger partial charge in [-0.2, -0.15) is 0 Å². The molecule has 7 heteroatoms. The Morgan fingerprint density at radius 1 is 1.13 bits per heavy atom. The van der Waals surface area contributed by atoms with Crippen LogP contribution in [0.2, 0.25) is 5.02 Å². The van der Waals surface area contributed by atoms with E-state index in [9.17, 15) is 14.7 Å². The van der Waals surface area contributed by atoms with Gasteiger partial charge < -0.3 is 19.9 Å². The smallest absolute Gasteiger partial charge is 0.307 e. The molecule has 0 aliphatic heterocycles. The van der Waals surface area contributed by atoms with Crippen LogP contribution in [0.1, 0.15) is 12.8 Å². The number of anilines is 1. The van der Waals surface area contributed by atoms with Gasteiger partial charge in [0.25, 0.3) is 0 Å². The molecule has 124 valence electrons. The van der Waals surface area contributed by atoms with Gasteiger partial charge in [0.2, 0.25) is 5.91 Å². The number of carboxylic acids is 1. The summed E-state index contributed by atoms with van der Waals surface area (Å²) >= 11 is 6.03. The van der Waals surface area contributed by atoms with Crippen molar-refractivity contribution in [3.05, 3.63) is 29.3 Å². The molecule has 6 nitrogen and oxygen atoms in total. The second-order valence-corrected chi connectivity index (χ2v) is 5.58. The molecule has 2 N–H and O–H groups in total. The van der Waals surface area contributed by atoms with E-state index in [1.165, 1.54) is 20.3 Å². The first-order valence-electron chi connectivity index (χ1n) is 7.08. The van der Waals surface area contributed by atoms with Crippen molar-refractivity contribution in [2.24, 2.45) is 11.8 Å². The van der Waals surface area contributed by atoms with Gasteiger partial charge in [-0.3, -0.25) is 9.59 Å². The van der Waals surface area contributed by atoms with E-state index < -0.39 is 17.8 Å². The molecule has 0 aromatic heterocycles. The number of carbonyl (C=O) groups is 2. The zero-order valence-electron chi connectivity index (χ0n) is 12.8. The van der Waals surface area contributed by atoms with Crippen molar-refractivity contribution < 1.29 is 24.2 Å². The third-order valence-corrected chi connectivity index (χ3v) is 4.11. The summed E-state index contributed by atoms with van der Waals surface area (Å²) in [5, 5.41) is 12.3. The summed E-state index contributed by atoms with van der Waals surface area (Å²) in [6, 6.07) is 3.08. The highest BCUT2D eigenvalue weighted by atomic mass is 35.5. The maximum Gasteiger partial charge on any atom is 0.307 e. The Morgan fingerprint density at radius 3 is 2.30 bits per heavy atom. The highest BCUT2D eigenvalue weighted by molar-refractivity contribution is 6.32. The van der Waals surface area contributed by atoms with E-state index in [0.29, 0.717) is 35.1 Å². The molecule has 0 saturated heterocycles. The highest BCUT2D eigenvalue weighted by Crippen LogP contribution is 2.37. The molecule has 2 atom stereocenters. The number of hydrogen-bond donors (Lipinski definition) is 2. The number of rotatable bonds is 5. The first kappa shape index (κ1) is 17.1. The summed E-state index contributed by atoms with van der Waals surface area (Å²) in [5.74, 6) is -1.95. The van der Waals surface area contributed by atoms with E-state index in [1.807, 2.05) is 6.08 Å². The van der Waals surface area contributed by atoms with Gasteiger partial charge in [0.1, 0.15) is 11.5 Å². The maximum absolute atomic E-state index is 12.5. The molecule has 1 amide bonds. The first-order valence-corrected chi connectivity index (χ1v) is 7.46. The number of ether oxygens (including phenoxy) is 2. The number of hydrogen-bond acceptors (Lipinski definition) is 4. The summed E-state index contributed by atoms with van der Waals surface area (Å²) < 4.78 is 10.3. The summed E-state index contributed by atoms with van der Waals surface area (Å²) in [6.45, 7) is 0. The Labute approximate surface area is 139 Å². The zero-order chi connectivity index (χ0) is 17.0. The molecule has 1 aliphatic carbocycles. The molecule has 0 spiro atoms. The van der Waals surface area contributed by atoms with E-state index in [4.69, 9.17) is 21.1 Å². The molecule has 0 radical (unpaired) electrons. The average molecular weight is 340 g/mol. The van der Waals surface area contributed by atoms with Crippen LogP contribution in [0.15, 0.2) is 24.3 Å². The Kier molecular flexibility index (Phi) is 5.50. The predicted molar refractivity (Wildman–Crippen MR) is 86.2 cm³/mol. The van der Waals surface area contributed by atoms with Crippen molar-refractivity contribution in [1.82, 2.24) is 0 Å². The van der Waals surface area contributed by atoms with Crippen molar-refractivity contribution in [2.45, 2.75) is 12.8 Å². The second kappa shape index (κ2) is 7.37. The molecule has 0 saturated carbocycles. The largest absolute Gasteiger partial charge is 0.495 e. The van der Waals surface area contributed by atoms with Crippen molar-refractivity contribution in [3.63, 3.8) is 0 Å². The van der Waals surface area contributed by atoms with Crippen LogP contribution in [0.3, 0.4) is 0 Å². The van der Waals surface area contributed by atoms with Gasteiger partial charge in [0, 0.05) is 12.1 Å². The fraction of sp³-hybridized carbons (Fsp3) is 0.375. The average Bonchev–Trinajstić information content (AvgIpc) is 2.55. The van der Waals surface area contributed by atoms with Gasteiger partial charge >= 0.3 is 5.97 Å². The number of amides is 1. The zero-order valence-corrected chi connectivity index (χ0v) is 13.6. The number of allylic oxidation sites excluding steroid dienone is 2. The molecule has 2 rings (SSSR count). The van der Waals surface area contributed by atoms with Crippen LogP contribution in [0.25, 0.3) is 0 Å². The van der Waals surface area contributed by atoms with Crippen molar-refractivity contribution in [3.8, 4) is 11.5 Å². The number of methoxy groups -OCH3 is 2. The Hall–Kier alpha value is -2.21. The molecule has 0 bridgehead atoms. The van der Waals surface area contributed by atoms with Gasteiger partial charge in [-0.1, -0.05) is 23.8 Å². The third kappa shape index (κ3) is 3.76. The van der Waals surface area contributed by atoms with Crippen molar-refractivity contribution in [1.29, 1.82) is 0 Å². The fourth-order valence-electron chi connectivity index (χ4n) is 2.56. The van der Waals surface area contributed by atoms with Crippen LogP contribution in [0, 0.1) is 11.8 Å². The van der Waals surface area contributed by atoms with Crippen LogP contribution in [0.4, 0.5) is 5.69 Å². The van der Waals surface area contributed by atoms with Gasteiger partial charge in [0.05, 0.1) is 36.8 Å². The molecule has 23 heavy (non-hydrogen) atoms. The quantitative estimate of drug-likeness (QED) is 0.806. The molecular formula is C16H18ClNO5. The minimum Gasteiger partial charge on any atom is -0.495 e. The molecule has 1 aromatic carbocycles. The SMILES string of the molecule is COc1cc(NC(=O)[C@@H]2CC=CC[C@H]2C(=O)O)c(OC)cc1Cl. The summed E-state index contributed by atoms with van der Waals surface area (Å²) in [5.41, 5.74) is 0.387. The fourth-order valence-corrected chi connectivity index (χ4v) is 2.79. The normalized spacial score (nSPS) is 20.0. The van der Waals surface area contributed by atoms with E-state index in [2.05, 4.69) is 5.32 Å². The van der Waals surface area contributed by atoms with E-state index >= 15 is 0 Å². The lowest BCUT2D eigenvalue weighted by atomic mass is 9.82. The number of aliphatic carboxylic acids is 1. The van der Waals surface area contributed by atoms with Crippen molar-refractivity contribution in [2.75, 3.05) is 19.5 Å². The topological polar surface area (TPSA) is 84.9 Å². The summed E-state index contributed by atoms with van der Waals surface area (Å²) in [4.78, 5) is 23.8. The van der Waals surface area contributed by atoms with E-state index in [1.54, 1.807) is 12.1 Å². The van der Waals surface area contributed by atoms with Crippen LogP contribution < -0.4 is 14.8 Å². The van der Waals surface area contributed by atoms with Gasteiger partial charge in [-0.05, 0) is 12.8 Å². The molecular weight excluding hydrogens is 322 g/mol. The first-order chi connectivity index (χ1) is 11.0.